The van der Waals surface area contributed by atoms with Crippen molar-refractivity contribution < 1.29 is 55.3 Å². The van der Waals surface area contributed by atoms with Gasteiger partial charge in [-0.15, -0.1) is 0 Å². The van der Waals surface area contributed by atoms with Crippen molar-refractivity contribution in [1.29, 1.82) is 0 Å². The third kappa shape index (κ3) is 16.6. The number of hydrogen-bond donors (Lipinski definition) is 6. The van der Waals surface area contributed by atoms with Crippen LogP contribution in [0.2, 0.25) is 0 Å². The minimum atomic E-state index is -1.37. The molecule has 2 atom stereocenters. The first-order valence-corrected chi connectivity index (χ1v) is 9.15. The van der Waals surface area contributed by atoms with Crippen molar-refractivity contribution in [2.45, 2.75) is 52.7 Å². The summed E-state index contributed by atoms with van der Waals surface area (Å²) in [5.41, 5.74) is -1.91. The van der Waals surface area contributed by atoms with Gasteiger partial charge in [-0.2, -0.15) is 0 Å². The van der Waals surface area contributed by atoms with Crippen molar-refractivity contribution in [2.75, 3.05) is 26.3 Å². The normalized spacial score (nSPS) is 12.5. The summed E-state index contributed by atoms with van der Waals surface area (Å²) in [7, 11) is 0. The maximum atomic E-state index is 11.2. The number of aliphatic carboxylic acids is 2. The number of amides is 2. The van der Waals surface area contributed by atoms with Crippen LogP contribution in [0.4, 0.5) is 0 Å². The Morgan fingerprint density at radius 2 is 1.00 bits per heavy atom. The summed E-state index contributed by atoms with van der Waals surface area (Å²) in [6.07, 6.45) is -3.36. The van der Waals surface area contributed by atoms with E-state index >= 15 is 0 Å². The molecule has 8 N–H and O–H groups in total. The van der Waals surface area contributed by atoms with E-state index in [9.17, 15) is 39.6 Å². The zero-order chi connectivity index (χ0) is 24.1. The van der Waals surface area contributed by atoms with Gasteiger partial charge in [-0.25, -0.2) is 0 Å². The number of nitrogens with one attached hydrogen (secondary N) is 2. The monoisotopic (exact) mass is 494 g/mol. The molecule has 0 aliphatic heterocycles. The SMILES string of the molecule is CC(C)(CO)C(O)C(=O)NCCC(=O)[O-].CC(C)(CO)C(O)C(=O)NCCC(=O)[O-].O.[Ca+2]. The van der Waals surface area contributed by atoms with Crippen LogP contribution in [0.25, 0.3) is 0 Å². The van der Waals surface area contributed by atoms with Crippen LogP contribution in [0.5, 0.6) is 0 Å². The fourth-order valence-electron chi connectivity index (χ4n) is 1.65. The summed E-state index contributed by atoms with van der Waals surface area (Å²) in [6.45, 7) is 5.21. The Bertz CT molecular complexity index is 535. The predicted molar refractivity (Wildman–Crippen MR) is 108 cm³/mol. The number of rotatable bonds is 12. The molecule has 0 spiro atoms. The minimum absolute atomic E-state index is 0. The molecule has 0 aromatic carbocycles. The Morgan fingerprint density at radius 3 is 1.19 bits per heavy atom. The molecule has 0 aromatic rings. The topological polar surface area (TPSA) is 251 Å². The molecule has 2 amide bonds. The maximum absolute atomic E-state index is 11.2. The summed E-state index contributed by atoms with van der Waals surface area (Å²) < 4.78 is 0. The summed E-state index contributed by atoms with van der Waals surface area (Å²) in [5.74, 6) is -3.94. The number of aliphatic hydroxyl groups excluding tert-OH is 4. The van der Waals surface area contributed by atoms with Crippen LogP contribution < -0.4 is 20.8 Å². The Labute approximate surface area is 216 Å². The Balaban J connectivity index is -0.000000231. The van der Waals surface area contributed by atoms with Crippen LogP contribution in [0.1, 0.15) is 40.5 Å². The maximum Gasteiger partial charge on any atom is 2.00 e. The molecule has 14 heteroatoms. The molecule has 0 radical (unpaired) electrons. The third-order valence-corrected chi connectivity index (χ3v) is 4.05. The van der Waals surface area contributed by atoms with E-state index in [-0.39, 0.29) is 82.4 Å². The summed E-state index contributed by atoms with van der Waals surface area (Å²) >= 11 is 0. The van der Waals surface area contributed by atoms with E-state index in [1.807, 2.05) is 0 Å². The first-order chi connectivity index (χ1) is 13.6. The molecule has 0 bridgehead atoms. The number of hydrogen-bond acceptors (Lipinski definition) is 10. The molecular formula is C18H34CaN2O11. The molecule has 0 fully saturated rings. The van der Waals surface area contributed by atoms with Crippen molar-refractivity contribution in [3.05, 3.63) is 0 Å². The molecule has 0 aliphatic rings. The second-order valence-electron chi connectivity index (χ2n) is 7.92. The summed E-state index contributed by atoms with van der Waals surface area (Å²) in [4.78, 5) is 42.6. The fourth-order valence-corrected chi connectivity index (χ4v) is 1.65. The molecule has 0 rings (SSSR count). The second kappa shape index (κ2) is 18.4. The quantitative estimate of drug-likeness (QED) is 0.140. The number of carboxylic acid groups (broad SMARTS) is 2. The van der Waals surface area contributed by atoms with E-state index in [2.05, 4.69) is 10.6 Å². The number of carbonyl (C=O) groups is 4. The van der Waals surface area contributed by atoms with Gasteiger partial charge in [-0.3, -0.25) is 9.59 Å². The average Bonchev–Trinajstić information content (AvgIpc) is 2.66. The van der Waals surface area contributed by atoms with E-state index in [0.29, 0.717) is 0 Å². The molecule has 13 nitrogen and oxygen atoms in total. The molecule has 0 aromatic heterocycles. The van der Waals surface area contributed by atoms with E-state index in [4.69, 9.17) is 10.2 Å². The predicted octanol–water partition coefficient (Wildman–Crippen LogP) is -5.96. The van der Waals surface area contributed by atoms with E-state index in [1.54, 1.807) is 0 Å². The van der Waals surface area contributed by atoms with Crippen LogP contribution in [-0.2, 0) is 19.2 Å². The van der Waals surface area contributed by atoms with E-state index in [1.165, 1.54) is 27.7 Å². The third-order valence-electron chi connectivity index (χ3n) is 4.05. The zero-order valence-corrected chi connectivity index (χ0v) is 21.1. The summed E-state index contributed by atoms with van der Waals surface area (Å²) in [5, 5.41) is 61.3. The van der Waals surface area contributed by atoms with Crippen molar-refractivity contribution in [1.82, 2.24) is 10.6 Å². The second-order valence-corrected chi connectivity index (χ2v) is 7.92. The van der Waals surface area contributed by atoms with Crippen LogP contribution in [0.15, 0.2) is 0 Å². The molecule has 0 saturated heterocycles. The Morgan fingerprint density at radius 1 is 0.750 bits per heavy atom. The first-order valence-electron chi connectivity index (χ1n) is 9.15. The van der Waals surface area contributed by atoms with Gasteiger partial charge in [0.05, 0.1) is 13.2 Å². The van der Waals surface area contributed by atoms with Gasteiger partial charge in [0.15, 0.2) is 0 Å². The number of carbonyl (C=O) groups excluding carboxylic acids is 4. The van der Waals surface area contributed by atoms with Crippen LogP contribution in [0, 0.1) is 10.8 Å². The molecule has 0 saturated carbocycles. The standard InChI is InChI=1S/2C9H17NO5.Ca.H2O/c2*1-9(2,5-11)7(14)8(15)10-4-3-6(12)13;;/h2*7,11,14H,3-5H2,1-2H3,(H,10,15)(H,12,13);;1H2/q;;+2;/p-2. The van der Waals surface area contributed by atoms with Gasteiger partial charge in [-0.05, 0) is 0 Å². The van der Waals surface area contributed by atoms with E-state index in [0.717, 1.165) is 0 Å². The molecule has 184 valence electrons. The number of aliphatic hydroxyl groups is 4. The van der Waals surface area contributed by atoms with Gasteiger partial charge in [0.2, 0.25) is 11.8 Å². The van der Waals surface area contributed by atoms with Gasteiger partial charge in [0.25, 0.3) is 0 Å². The Kier molecular flexibility index (Phi) is 21.9. The first kappa shape index (κ1) is 38.2. The van der Waals surface area contributed by atoms with Crippen molar-refractivity contribution in [2.24, 2.45) is 10.8 Å². The van der Waals surface area contributed by atoms with Crippen LogP contribution >= 0.6 is 0 Å². The van der Waals surface area contributed by atoms with E-state index < -0.39 is 46.8 Å². The van der Waals surface area contributed by atoms with Gasteiger partial charge >= 0.3 is 37.7 Å². The van der Waals surface area contributed by atoms with Gasteiger partial charge < -0.3 is 56.3 Å². The van der Waals surface area contributed by atoms with Gasteiger partial charge in [0.1, 0.15) is 12.2 Å². The molecule has 2 unspecified atom stereocenters. The van der Waals surface area contributed by atoms with Crippen molar-refractivity contribution in [3.8, 4) is 0 Å². The van der Waals surface area contributed by atoms with Gasteiger partial charge in [-0.1, -0.05) is 27.7 Å². The summed E-state index contributed by atoms with van der Waals surface area (Å²) in [6, 6.07) is 0. The fraction of sp³-hybridized carbons (Fsp3) is 0.778. The van der Waals surface area contributed by atoms with Crippen LogP contribution in [-0.4, -0.2) is 126 Å². The van der Waals surface area contributed by atoms with Gasteiger partial charge in [0, 0.05) is 48.7 Å². The molecular weight excluding hydrogens is 460 g/mol. The smallest absolute Gasteiger partial charge is 0.550 e. The molecule has 0 aliphatic carbocycles. The Hall–Kier alpha value is -1.06. The largest absolute Gasteiger partial charge is 2.00 e. The number of carboxylic acids is 2. The zero-order valence-electron chi connectivity index (χ0n) is 18.8. The average molecular weight is 495 g/mol. The van der Waals surface area contributed by atoms with Crippen molar-refractivity contribution in [3.63, 3.8) is 0 Å². The van der Waals surface area contributed by atoms with Crippen LogP contribution in [0.3, 0.4) is 0 Å². The molecule has 0 heterocycles. The minimum Gasteiger partial charge on any atom is -0.550 e. The molecule has 32 heavy (non-hydrogen) atoms. The van der Waals surface area contributed by atoms with Crippen molar-refractivity contribution >= 4 is 61.5 Å².